The van der Waals surface area contributed by atoms with E-state index in [0.29, 0.717) is 16.4 Å². The number of carbonyl (C=O) groups excluding carboxylic acids is 2. The van der Waals surface area contributed by atoms with Crippen molar-refractivity contribution in [2.24, 2.45) is 5.92 Å². The predicted molar refractivity (Wildman–Crippen MR) is 142 cm³/mol. The number of anilines is 2. The highest BCUT2D eigenvalue weighted by molar-refractivity contribution is 8.01. The van der Waals surface area contributed by atoms with Gasteiger partial charge < -0.3 is 20.3 Å². The lowest BCUT2D eigenvalue weighted by molar-refractivity contribution is -0.117. The normalized spacial score (nSPS) is 15.3. The molecule has 1 aliphatic carbocycles. The Bertz CT molecular complexity index is 1160. The summed E-state index contributed by atoms with van der Waals surface area (Å²) in [6, 6.07) is 5.51. The Balaban J connectivity index is 0.000000197. The van der Waals surface area contributed by atoms with Crippen molar-refractivity contribution in [3.05, 3.63) is 47.9 Å². The maximum absolute atomic E-state index is 11.7. The molecule has 190 valence electrons. The van der Waals surface area contributed by atoms with Gasteiger partial charge in [-0.25, -0.2) is 15.0 Å². The van der Waals surface area contributed by atoms with Crippen molar-refractivity contribution in [3.63, 3.8) is 0 Å². The molecule has 0 unspecified atom stereocenters. The highest BCUT2D eigenvalue weighted by atomic mass is 32.2. The van der Waals surface area contributed by atoms with Crippen LogP contribution in [0, 0.1) is 12.8 Å². The Kier molecular flexibility index (Phi) is 9.26. The van der Waals surface area contributed by atoms with Crippen molar-refractivity contribution in [3.8, 4) is 5.75 Å². The summed E-state index contributed by atoms with van der Waals surface area (Å²) >= 11 is 2.96. The highest BCUT2D eigenvalue weighted by Crippen LogP contribution is 2.38. The fraction of sp³-hybridized carbons (Fsp3) is 0.400. The van der Waals surface area contributed by atoms with Gasteiger partial charge in [0.05, 0.1) is 23.1 Å². The van der Waals surface area contributed by atoms with Gasteiger partial charge in [-0.2, -0.15) is 0 Å². The summed E-state index contributed by atoms with van der Waals surface area (Å²) in [5.41, 5.74) is 1.54. The molecule has 36 heavy (non-hydrogen) atoms. The van der Waals surface area contributed by atoms with Gasteiger partial charge in [0.2, 0.25) is 11.9 Å². The lowest BCUT2D eigenvalue weighted by atomic mass is 10.1. The minimum Gasteiger partial charge on any atom is -0.496 e. The van der Waals surface area contributed by atoms with Crippen molar-refractivity contribution in [2.45, 2.75) is 35.3 Å². The van der Waals surface area contributed by atoms with Crippen LogP contribution in [-0.2, 0) is 4.79 Å². The fourth-order valence-corrected chi connectivity index (χ4v) is 5.54. The Morgan fingerprint density at radius 3 is 2.75 bits per heavy atom. The molecule has 5 rings (SSSR count). The summed E-state index contributed by atoms with van der Waals surface area (Å²) in [7, 11) is 1.55. The van der Waals surface area contributed by atoms with E-state index in [-0.39, 0.29) is 11.8 Å². The number of methoxy groups -OCH3 is 1. The van der Waals surface area contributed by atoms with Crippen molar-refractivity contribution in [2.75, 3.05) is 43.5 Å². The fourth-order valence-electron chi connectivity index (χ4n) is 3.58. The molecule has 0 radical (unpaired) electrons. The van der Waals surface area contributed by atoms with Crippen LogP contribution in [0.25, 0.3) is 0 Å². The number of rotatable bonds is 7. The lowest BCUT2D eigenvalue weighted by Gasteiger charge is -2.18. The molecular weight excluding hydrogens is 496 g/mol. The molecule has 1 aromatic carbocycles. The molecule has 3 aromatic rings. The van der Waals surface area contributed by atoms with Gasteiger partial charge in [0.1, 0.15) is 5.75 Å². The third-order valence-corrected chi connectivity index (χ3v) is 7.88. The van der Waals surface area contributed by atoms with Gasteiger partial charge in [0, 0.05) is 42.8 Å². The van der Waals surface area contributed by atoms with Gasteiger partial charge in [0.15, 0.2) is 11.4 Å². The molecule has 0 spiro atoms. The van der Waals surface area contributed by atoms with Crippen molar-refractivity contribution in [1.82, 2.24) is 20.3 Å². The first-order valence-corrected chi connectivity index (χ1v) is 13.5. The molecule has 2 aromatic heterocycles. The number of ether oxygens (including phenoxy) is 1. The molecule has 11 heteroatoms. The summed E-state index contributed by atoms with van der Waals surface area (Å²) in [5.74, 6) is 1.64. The summed E-state index contributed by atoms with van der Waals surface area (Å²) in [6.45, 7) is 6.15. The van der Waals surface area contributed by atoms with Crippen LogP contribution in [0.1, 0.15) is 35.2 Å². The topological polar surface area (TPSA) is 109 Å². The van der Waals surface area contributed by atoms with Crippen LogP contribution in [0.3, 0.4) is 0 Å². The van der Waals surface area contributed by atoms with Crippen LogP contribution < -0.4 is 20.3 Å². The molecular formula is C25H30N6O3S2. The minimum absolute atomic E-state index is 0.0553. The van der Waals surface area contributed by atoms with Crippen LogP contribution in [-0.4, -0.2) is 60.4 Å². The summed E-state index contributed by atoms with van der Waals surface area (Å²) in [5, 5.41) is 6.81. The number of hydrogen-bond acceptors (Lipinski definition) is 10. The van der Waals surface area contributed by atoms with Crippen LogP contribution in [0.5, 0.6) is 5.75 Å². The third-order valence-electron chi connectivity index (χ3n) is 5.70. The summed E-state index contributed by atoms with van der Waals surface area (Å²) in [4.78, 5) is 38.8. The second-order valence-electron chi connectivity index (χ2n) is 8.47. The Hall–Kier alpha value is -3.02. The molecule has 1 aliphatic heterocycles. The molecule has 1 saturated heterocycles. The maximum atomic E-state index is 11.7. The molecule has 0 atom stereocenters. The van der Waals surface area contributed by atoms with Gasteiger partial charge in [-0.15, -0.1) is 0 Å². The van der Waals surface area contributed by atoms with Gasteiger partial charge in [-0.1, -0.05) is 23.1 Å². The number of aldehydes is 1. The third kappa shape index (κ3) is 7.25. The molecule has 2 N–H and O–H groups in total. The van der Waals surface area contributed by atoms with E-state index < -0.39 is 0 Å². The van der Waals surface area contributed by atoms with Crippen molar-refractivity contribution < 1.29 is 14.3 Å². The second kappa shape index (κ2) is 12.8. The van der Waals surface area contributed by atoms with E-state index in [1.165, 1.54) is 23.1 Å². The molecule has 3 heterocycles. The Labute approximate surface area is 219 Å². The van der Waals surface area contributed by atoms with E-state index in [0.717, 1.165) is 72.3 Å². The molecule has 1 amide bonds. The summed E-state index contributed by atoms with van der Waals surface area (Å²) < 4.78 is 6.16. The van der Waals surface area contributed by atoms with Crippen LogP contribution in [0.4, 0.5) is 11.1 Å². The lowest BCUT2D eigenvalue weighted by Crippen LogP contribution is -2.29. The number of nitrogens with zero attached hydrogens (tertiary/aromatic N) is 4. The first-order valence-electron chi connectivity index (χ1n) is 11.9. The highest BCUT2D eigenvalue weighted by Gasteiger charge is 2.30. The first kappa shape index (κ1) is 26.1. The molecule has 9 nitrogen and oxygen atoms in total. The van der Waals surface area contributed by atoms with Gasteiger partial charge in [0.25, 0.3) is 0 Å². The SMILES string of the molecule is COc1cc(C)c(Sc2cnc(NC(=O)C3CC3)s2)cc1C=O.c1cnc(N2CCCNCC2)nc1. The van der Waals surface area contributed by atoms with Crippen molar-refractivity contribution in [1.29, 1.82) is 0 Å². The van der Waals surface area contributed by atoms with Crippen LogP contribution in [0.2, 0.25) is 0 Å². The Morgan fingerprint density at radius 2 is 2.03 bits per heavy atom. The zero-order valence-corrected chi connectivity index (χ0v) is 22.0. The number of thiazole rings is 1. The van der Waals surface area contributed by atoms with E-state index in [9.17, 15) is 9.59 Å². The zero-order valence-electron chi connectivity index (χ0n) is 20.4. The van der Waals surface area contributed by atoms with E-state index in [1.807, 2.05) is 25.1 Å². The number of carbonyl (C=O) groups is 2. The number of nitrogens with one attached hydrogen (secondary N) is 2. The monoisotopic (exact) mass is 526 g/mol. The smallest absolute Gasteiger partial charge is 0.229 e. The zero-order chi connectivity index (χ0) is 25.3. The average Bonchev–Trinajstić information content (AvgIpc) is 3.71. The van der Waals surface area contributed by atoms with E-state index in [1.54, 1.807) is 25.7 Å². The van der Waals surface area contributed by atoms with E-state index in [4.69, 9.17) is 4.74 Å². The number of aryl methyl sites for hydroxylation is 1. The van der Waals surface area contributed by atoms with Crippen molar-refractivity contribution >= 4 is 46.4 Å². The number of amides is 1. The molecule has 0 bridgehead atoms. The predicted octanol–water partition coefficient (Wildman–Crippen LogP) is 4.05. The minimum atomic E-state index is 0.0553. The van der Waals surface area contributed by atoms with E-state index >= 15 is 0 Å². The molecule has 2 fully saturated rings. The van der Waals surface area contributed by atoms with Crippen LogP contribution >= 0.6 is 23.1 Å². The van der Waals surface area contributed by atoms with Gasteiger partial charge in [-0.3, -0.25) is 9.59 Å². The van der Waals surface area contributed by atoms with Gasteiger partial charge >= 0.3 is 0 Å². The molecule has 1 saturated carbocycles. The van der Waals surface area contributed by atoms with E-state index in [2.05, 4.69) is 30.5 Å². The first-order chi connectivity index (χ1) is 17.6. The average molecular weight is 527 g/mol. The van der Waals surface area contributed by atoms with Gasteiger partial charge in [-0.05, 0) is 56.5 Å². The number of aromatic nitrogens is 3. The second-order valence-corrected chi connectivity index (χ2v) is 10.8. The number of benzene rings is 1. The Morgan fingerprint density at radius 1 is 1.22 bits per heavy atom. The summed E-state index contributed by atoms with van der Waals surface area (Å²) in [6.07, 6.45) is 9.22. The molecule has 2 aliphatic rings. The standard InChI is InChI=1S/C16H16N2O3S2.C9H14N4/c1-9-5-12(21-2)11(8-19)6-13(9)22-14-7-17-16(23-14)18-15(20)10-3-4-10;1-4-11-9(12-5-1)13-7-2-3-10-6-8-13/h5-8,10H,3-4H2,1-2H3,(H,17,18,20);1,4-5,10H,2-3,6-8H2. The largest absolute Gasteiger partial charge is 0.496 e. The quantitative estimate of drug-likeness (QED) is 0.441. The maximum Gasteiger partial charge on any atom is 0.229 e. The van der Waals surface area contributed by atoms with Crippen LogP contribution in [0.15, 0.2) is 45.9 Å². The number of hydrogen-bond donors (Lipinski definition) is 2.